The highest BCUT2D eigenvalue weighted by Crippen LogP contribution is 2.17. The summed E-state index contributed by atoms with van der Waals surface area (Å²) >= 11 is 1.49. The highest BCUT2D eigenvalue weighted by atomic mass is 32.2. The first kappa shape index (κ1) is 22.7. The summed E-state index contributed by atoms with van der Waals surface area (Å²) in [7, 11) is 3.94. The molecule has 0 unspecified atom stereocenters. The average Bonchev–Trinajstić information content (AvgIpc) is 2.70. The van der Waals surface area contributed by atoms with E-state index in [0.717, 1.165) is 33.4 Å². The van der Waals surface area contributed by atoms with Crippen molar-refractivity contribution in [2.45, 2.75) is 38.4 Å². The normalized spacial score (nSPS) is 10.5. The number of nitrogens with zero attached hydrogens (tertiary/aromatic N) is 3. The van der Waals surface area contributed by atoms with Gasteiger partial charge in [0.25, 0.3) is 5.91 Å². The zero-order valence-corrected chi connectivity index (χ0v) is 18.4. The van der Waals surface area contributed by atoms with Crippen LogP contribution in [0.1, 0.15) is 28.9 Å². The van der Waals surface area contributed by atoms with Gasteiger partial charge < -0.3 is 15.0 Å². The number of aromatic nitrogens is 2. The zero-order valence-electron chi connectivity index (χ0n) is 17.6. The molecule has 0 atom stereocenters. The Morgan fingerprint density at radius 1 is 1.10 bits per heavy atom. The van der Waals surface area contributed by atoms with Crippen LogP contribution in [0.4, 0.5) is 5.69 Å². The lowest BCUT2D eigenvalue weighted by molar-refractivity contribution is -0.148. The molecule has 156 valence electrons. The molecule has 0 fully saturated rings. The number of amides is 1. The second-order valence-electron chi connectivity index (χ2n) is 6.86. The maximum Gasteiger partial charge on any atom is 0.306 e. The number of thioether (sulfide) groups is 1. The van der Waals surface area contributed by atoms with Crippen LogP contribution in [0.2, 0.25) is 0 Å². The quantitative estimate of drug-likeness (QED) is 0.382. The van der Waals surface area contributed by atoms with Crippen LogP contribution < -0.4 is 10.2 Å². The highest BCUT2D eigenvalue weighted by molar-refractivity contribution is 7.98. The molecule has 8 heteroatoms. The third-order valence-corrected chi connectivity index (χ3v) is 5.02. The van der Waals surface area contributed by atoms with E-state index in [2.05, 4.69) is 15.3 Å². The number of carbonyl (C=O) groups excluding carboxylic acids is 2. The molecule has 1 aromatic heterocycles. The predicted octanol–water partition coefficient (Wildman–Crippen LogP) is 2.67. The van der Waals surface area contributed by atoms with Crippen LogP contribution in [-0.2, 0) is 27.3 Å². The number of ether oxygens (including phenoxy) is 1. The summed E-state index contributed by atoms with van der Waals surface area (Å²) in [6.45, 7) is 3.93. The Hall–Kier alpha value is -2.61. The Labute approximate surface area is 176 Å². The van der Waals surface area contributed by atoms with Crippen molar-refractivity contribution in [3.05, 3.63) is 46.8 Å². The molecule has 29 heavy (non-hydrogen) atoms. The summed E-state index contributed by atoms with van der Waals surface area (Å²) in [5.74, 6) is -0.738. The van der Waals surface area contributed by atoms with E-state index in [1.807, 2.05) is 63.4 Å². The van der Waals surface area contributed by atoms with Crippen molar-refractivity contribution in [1.82, 2.24) is 15.3 Å². The van der Waals surface area contributed by atoms with Gasteiger partial charge in [-0.15, -0.1) is 0 Å². The van der Waals surface area contributed by atoms with Gasteiger partial charge in [0.15, 0.2) is 11.8 Å². The first-order chi connectivity index (χ1) is 13.8. The van der Waals surface area contributed by atoms with Crippen molar-refractivity contribution in [3.63, 3.8) is 0 Å². The van der Waals surface area contributed by atoms with Gasteiger partial charge >= 0.3 is 5.97 Å². The van der Waals surface area contributed by atoms with Gasteiger partial charge in [0.1, 0.15) is 0 Å². The molecule has 0 spiro atoms. The molecule has 2 rings (SSSR count). The predicted molar refractivity (Wildman–Crippen MR) is 115 cm³/mol. The van der Waals surface area contributed by atoms with Crippen LogP contribution in [0.3, 0.4) is 0 Å². The lowest BCUT2D eigenvalue weighted by Crippen LogP contribution is -2.28. The molecule has 1 heterocycles. The summed E-state index contributed by atoms with van der Waals surface area (Å²) in [5.41, 5.74) is 4.76. The number of anilines is 1. The summed E-state index contributed by atoms with van der Waals surface area (Å²) in [5, 5.41) is 3.48. The fourth-order valence-electron chi connectivity index (χ4n) is 2.77. The molecule has 1 amide bonds. The third-order valence-electron chi connectivity index (χ3n) is 4.47. The molecule has 0 saturated carbocycles. The SMILES string of the molecule is CSc1nc(C)c(CCC(=O)OCC(=O)NCc2ccc(N(C)C)cc2)c(C)n1. The molecule has 7 nitrogen and oxygen atoms in total. The molecule has 0 aliphatic rings. The van der Waals surface area contributed by atoms with Crippen molar-refractivity contribution >= 4 is 29.3 Å². The Kier molecular flexibility index (Phi) is 8.45. The molecule has 0 aliphatic heterocycles. The molecule has 1 aromatic carbocycles. The topological polar surface area (TPSA) is 84.4 Å². The van der Waals surface area contributed by atoms with Crippen LogP contribution in [0, 0.1) is 13.8 Å². The molecule has 0 radical (unpaired) electrons. The van der Waals surface area contributed by atoms with E-state index in [0.29, 0.717) is 13.0 Å². The summed E-state index contributed by atoms with van der Waals surface area (Å²) in [4.78, 5) is 34.7. The average molecular weight is 417 g/mol. The number of esters is 1. The molecular formula is C21H28N4O3S. The molecule has 2 aromatic rings. The Bertz CT molecular complexity index is 830. The lowest BCUT2D eigenvalue weighted by atomic mass is 10.1. The van der Waals surface area contributed by atoms with Crippen LogP contribution in [0.15, 0.2) is 29.4 Å². The van der Waals surface area contributed by atoms with Crippen LogP contribution in [0.5, 0.6) is 0 Å². The lowest BCUT2D eigenvalue weighted by Gasteiger charge is -2.13. The molecule has 0 saturated heterocycles. The molecule has 1 N–H and O–H groups in total. The minimum atomic E-state index is -0.414. The van der Waals surface area contributed by atoms with E-state index in [9.17, 15) is 9.59 Å². The summed E-state index contributed by atoms with van der Waals surface area (Å²) in [6.07, 6.45) is 2.60. The van der Waals surface area contributed by atoms with Crippen LogP contribution >= 0.6 is 11.8 Å². The van der Waals surface area contributed by atoms with Crippen LogP contribution in [0.25, 0.3) is 0 Å². The van der Waals surface area contributed by atoms with Gasteiger partial charge in [-0.25, -0.2) is 9.97 Å². The van der Waals surface area contributed by atoms with Gasteiger partial charge in [-0.05, 0) is 49.8 Å². The van der Waals surface area contributed by atoms with Gasteiger partial charge in [-0.2, -0.15) is 0 Å². The number of rotatable bonds is 9. The summed E-state index contributed by atoms with van der Waals surface area (Å²) < 4.78 is 5.09. The fourth-order valence-corrected chi connectivity index (χ4v) is 3.23. The van der Waals surface area contributed by atoms with E-state index in [4.69, 9.17) is 4.74 Å². The Morgan fingerprint density at radius 2 is 1.72 bits per heavy atom. The number of hydrogen-bond acceptors (Lipinski definition) is 7. The van der Waals surface area contributed by atoms with E-state index in [1.165, 1.54) is 11.8 Å². The van der Waals surface area contributed by atoms with Crippen molar-refractivity contribution < 1.29 is 14.3 Å². The zero-order chi connectivity index (χ0) is 21.4. The standard InChI is InChI=1S/C21H28N4O3S/c1-14-18(15(2)24-21(23-14)29-5)10-11-20(27)28-13-19(26)22-12-16-6-8-17(9-7-16)25(3)4/h6-9H,10-13H2,1-5H3,(H,22,26). The Morgan fingerprint density at radius 3 is 2.28 bits per heavy atom. The minimum absolute atomic E-state index is 0.183. The molecular weight excluding hydrogens is 388 g/mol. The van der Waals surface area contributed by atoms with Crippen molar-refractivity contribution in [3.8, 4) is 0 Å². The smallest absolute Gasteiger partial charge is 0.306 e. The number of nitrogens with one attached hydrogen (secondary N) is 1. The van der Waals surface area contributed by atoms with E-state index in [-0.39, 0.29) is 18.9 Å². The van der Waals surface area contributed by atoms with Gasteiger partial charge in [0.2, 0.25) is 0 Å². The Balaban J connectivity index is 1.74. The third kappa shape index (κ3) is 7.05. The van der Waals surface area contributed by atoms with Crippen molar-refractivity contribution in [1.29, 1.82) is 0 Å². The first-order valence-corrected chi connectivity index (χ1v) is 10.6. The maximum atomic E-state index is 12.0. The van der Waals surface area contributed by atoms with Crippen molar-refractivity contribution in [2.24, 2.45) is 0 Å². The second kappa shape index (κ2) is 10.8. The van der Waals surface area contributed by atoms with E-state index in [1.54, 1.807) is 0 Å². The van der Waals surface area contributed by atoms with Crippen LogP contribution in [-0.4, -0.2) is 48.8 Å². The van der Waals surface area contributed by atoms with Gasteiger partial charge in [0, 0.05) is 44.1 Å². The maximum absolute atomic E-state index is 12.0. The molecule has 0 aliphatic carbocycles. The first-order valence-electron chi connectivity index (χ1n) is 9.37. The minimum Gasteiger partial charge on any atom is -0.456 e. The number of aryl methyl sites for hydroxylation is 2. The van der Waals surface area contributed by atoms with Gasteiger partial charge in [-0.3, -0.25) is 9.59 Å². The van der Waals surface area contributed by atoms with Crippen molar-refractivity contribution in [2.75, 3.05) is 31.9 Å². The number of hydrogen-bond donors (Lipinski definition) is 1. The number of benzene rings is 1. The fraction of sp³-hybridized carbons (Fsp3) is 0.429. The highest BCUT2D eigenvalue weighted by Gasteiger charge is 2.12. The monoisotopic (exact) mass is 416 g/mol. The van der Waals surface area contributed by atoms with E-state index < -0.39 is 5.97 Å². The summed E-state index contributed by atoms with van der Waals surface area (Å²) in [6, 6.07) is 7.88. The number of carbonyl (C=O) groups is 2. The second-order valence-corrected chi connectivity index (χ2v) is 7.63. The molecule has 0 bridgehead atoms. The largest absolute Gasteiger partial charge is 0.456 e. The van der Waals surface area contributed by atoms with Gasteiger partial charge in [-0.1, -0.05) is 23.9 Å². The van der Waals surface area contributed by atoms with Gasteiger partial charge in [0.05, 0.1) is 0 Å². The van der Waals surface area contributed by atoms with E-state index >= 15 is 0 Å².